The van der Waals surface area contributed by atoms with Gasteiger partial charge in [-0.05, 0) is 36.1 Å². The van der Waals surface area contributed by atoms with Gasteiger partial charge < -0.3 is 9.80 Å². The van der Waals surface area contributed by atoms with E-state index < -0.39 is 0 Å². The van der Waals surface area contributed by atoms with Gasteiger partial charge in [0.15, 0.2) is 0 Å². The Labute approximate surface area is 118 Å². The van der Waals surface area contributed by atoms with Crippen molar-refractivity contribution < 1.29 is 4.79 Å². The number of carbonyl (C=O) groups is 1. The maximum Gasteiger partial charge on any atom is 0.228 e. The quantitative estimate of drug-likeness (QED) is 0.823. The molecule has 1 aromatic rings. The highest BCUT2D eigenvalue weighted by Crippen LogP contribution is 2.36. The van der Waals surface area contributed by atoms with Gasteiger partial charge in [-0.25, -0.2) is 0 Å². The van der Waals surface area contributed by atoms with E-state index in [-0.39, 0.29) is 0 Å². The highest BCUT2D eigenvalue weighted by atomic mass is 32.1. The summed E-state index contributed by atoms with van der Waals surface area (Å²) in [6.07, 6.45) is 3.19. The second-order valence-corrected chi connectivity index (χ2v) is 7.41. The molecule has 4 fully saturated rings. The molecule has 0 N–H and O–H groups in total. The smallest absolute Gasteiger partial charge is 0.228 e. The van der Waals surface area contributed by atoms with Crippen molar-refractivity contribution in [1.82, 2.24) is 9.80 Å². The Morgan fingerprint density at radius 1 is 1.21 bits per heavy atom. The zero-order valence-electron chi connectivity index (χ0n) is 11.1. The fraction of sp³-hybridized carbons (Fsp3) is 0.667. The summed E-state index contributed by atoms with van der Waals surface area (Å²) in [6.45, 7) is 4.61. The van der Waals surface area contributed by atoms with E-state index in [4.69, 9.17) is 0 Å². The van der Waals surface area contributed by atoms with Crippen molar-refractivity contribution >= 4 is 17.2 Å². The van der Waals surface area contributed by atoms with E-state index >= 15 is 0 Å². The van der Waals surface area contributed by atoms with Crippen LogP contribution in [-0.2, 0) is 11.2 Å². The van der Waals surface area contributed by atoms with E-state index in [0.717, 1.165) is 24.9 Å². The van der Waals surface area contributed by atoms with Crippen LogP contribution < -0.4 is 0 Å². The van der Waals surface area contributed by atoms with E-state index in [1.807, 2.05) is 6.07 Å². The molecule has 102 valence electrons. The van der Waals surface area contributed by atoms with Crippen molar-refractivity contribution in [3.63, 3.8) is 0 Å². The monoisotopic (exact) mass is 276 g/mol. The van der Waals surface area contributed by atoms with Crippen molar-refractivity contribution in [1.29, 1.82) is 0 Å². The average Bonchev–Trinajstić information content (AvgIpc) is 2.79. The molecule has 19 heavy (non-hydrogen) atoms. The summed E-state index contributed by atoms with van der Waals surface area (Å²) < 4.78 is 0. The molecule has 5 heterocycles. The third-order valence-electron chi connectivity index (χ3n) is 4.90. The van der Waals surface area contributed by atoms with E-state index in [1.165, 1.54) is 30.8 Å². The molecule has 4 heteroatoms. The molecule has 0 spiro atoms. The number of thiophene rings is 1. The first-order valence-electron chi connectivity index (χ1n) is 7.32. The van der Waals surface area contributed by atoms with Crippen LogP contribution in [0.1, 0.15) is 17.7 Å². The number of piperidine rings is 2. The van der Waals surface area contributed by atoms with E-state index in [1.54, 1.807) is 11.3 Å². The second-order valence-electron chi connectivity index (χ2n) is 6.38. The second kappa shape index (κ2) is 4.60. The molecule has 1 amide bonds. The van der Waals surface area contributed by atoms with Crippen LogP contribution in [0.25, 0.3) is 0 Å². The third kappa shape index (κ3) is 2.21. The van der Waals surface area contributed by atoms with Gasteiger partial charge in [0.2, 0.25) is 5.91 Å². The van der Waals surface area contributed by atoms with Gasteiger partial charge in [-0.3, -0.25) is 4.79 Å². The fourth-order valence-electron chi connectivity index (χ4n) is 4.26. The van der Waals surface area contributed by atoms with E-state index in [9.17, 15) is 4.79 Å². The molecular weight excluding hydrogens is 256 g/mol. The molecular formula is C15H20N2OS. The maximum absolute atomic E-state index is 12.6. The van der Waals surface area contributed by atoms with Crippen molar-refractivity contribution in [3.05, 3.63) is 22.4 Å². The Kier molecular flexibility index (Phi) is 2.88. The van der Waals surface area contributed by atoms with Gasteiger partial charge >= 0.3 is 0 Å². The van der Waals surface area contributed by atoms with Crippen LogP contribution in [0.5, 0.6) is 0 Å². The number of rotatable bonds is 2. The highest BCUT2D eigenvalue weighted by molar-refractivity contribution is 7.10. The molecule has 3 nitrogen and oxygen atoms in total. The number of nitrogens with zero attached hydrogens (tertiary/aromatic N) is 2. The van der Waals surface area contributed by atoms with Crippen LogP contribution in [0.3, 0.4) is 0 Å². The number of carbonyl (C=O) groups excluding carboxylic acids is 1. The minimum atomic E-state index is 0.349. The molecule has 4 bridgehead atoms. The number of fused-ring (bicyclic) bond motifs is 1. The fourth-order valence-corrected chi connectivity index (χ4v) is 4.95. The Morgan fingerprint density at radius 2 is 2.11 bits per heavy atom. The van der Waals surface area contributed by atoms with Crippen molar-refractivity contribution in [3.8, 4) is 0 Å². The summed E-state index contributed by atoms with van der Waals surface area (Å²) in [5.41, 5.74) is 0. The first kappa shape index (κ1) is 11.9. The van der Waals surface area contributed by atoms with Gasteiger partial charge in [0.25, 0.3) is 0 Å². The molecule has 0 saturated carbocycles. The van der Waals surface area contributed by atoms with Crippen LogP contribution in [0.2, 0.25) is 0 Å². The lowest BCUT2D eigenvalue weighted by Crippen LogP contribution is -2.50. The summed E-state index contributed by atoms with van der Waals surface area (Å²) in [5.74, 6) is 1.91. The first-order valence-corrected chi connectivity index (χ1v) is 8.20. The minimum absolute atomic E-state index is 0.349. The topological polar surface area (TPSA) is 23.6 Å². The van der Waals surface area contributed by atoms with Crippen molar-refractivity contribution in [2.24, 2.45) is 11.8 Å². The first-order chi connectivity index (χ1) is 9.28. The molecule has 0 aromatic carbocycles. The van der Waals surface area contributed by atoms with Gasteiger partial charge in [-0.1, -0.05) is 6.07 Å². The lowest BCUT2D eigenvalue weighted by molar-refractivity contribution is -0.133. The largest absolute Gasteiger partial charge is 0.338 e. The number of hydrogen-bond acceptors (Lipinski definition) is 3. The summed E-state index contributed by atoms with van der Waals surface area (Å²) in [4.78, 5) is 18.6. The SMILES string of the molecule is O=C(Cc1cccs1)N1CC2CC3CC1CN(C3)C2. The van der Waals surface area contributed by atoms with Gasteiger partial charge in [0.1, 0.15) is 0 Å². The minimum Gasteiger partial charge on any atom is -0.338 e. The lowest BCUT2D eigenvalue weighted by Gasteiger charge is -2.41. The molecule has 4 unspecified atom stereocenters. The molecule has 0 aliphatic carbocycles. The van der Waals surface area contributed by atoms with Gasteiger partial charge in [-0.15, -0.1) is 11.3 Å². The molecule has 4 aliphatic rings. The Hall–Kier alpha value is -0.870. The van der Waals surface area contributed by atoms with Crippen LogP contribution in [0.4, 0.5) is 0 Å². The van der Waals surface area contributed by atoms with Crippen molar-refractivity contribution in [2.75, 3.05) is 26.2 Å². The number of hydrogen-bond donors (Lipinski definition) is 0. The summed E-state index contributed by atoms with van der Waals surface area (Å²) in [5, 5.41) is 2.06. The molecule has 0 radical (unpaired) electrons. The standard InChI is InChI=1S/C15H20N2OS/c18-15(6-14-2-1-3-19-14)17-9-12-4-11-5-13(17)10-16(7-11)8-12/h1-3,11-13H,4-10H2. The zero-order chi connectivity index (χ0) is 12.8. The number of amides is 1. The third-order valence-corrected chi connectivity index (χ3v) is 5.77. The van der Waals surface area contributed by atoms with Gasteiger partial charge in [0, 0.05) is 37.1 Å². The Balaban J connectivity index is 1.53. The molecule has 4 aliphatic heterocycles. The Morgan fingerprint density at radius 3 is 2.89 bits per heavy atom. The molecule has 4 saturated heterocycles. The predicted octanol–water partition coefficient (Wildman–Crippen LogP) is 1.84. The van der Waals surface area contributed by atoms with Crippen LogP contribution in [-0.4, -0.2) is 47.9 Å². The van der Waals surface area contributed by atoms with Crippen molar-refractivity contribution in [2.45, 2.75) is 25.3 Å². The van der Waals surface area contributed by atoms with Crippen LogP contribution in [0.15, 0.2) is 17.5 Å². The Bertz CT molecular complexity index is 458. The molecule has 5 rings (SSSR count). The normalized spacial score (nSPS) is 36.5. The lowest BCUT2D eigenvalue weighted by atomic mass is 9.84. The van der Waals surface area contributed by atoms with Crippen LogP contribution in [0, 0.1) is 11.8 Å². The zero-order valence-corrected chi connectivity index (χ0v) is 11.9. The van der Waals surface area contributed by atoms with E-state index in [0.29, 0.717) is 18.4 Å². The molecule has 4 atom stereocenters. The summed E-state index contributed by atoms with van der Waals surface area (Å²) in [7, 11) is 0. The highest BCUT2D eigenvalue weighted by Gasteiger charge is 2.42. The van der Waals surface area contributed by atoms with E-state index in [2.05, 4.69) is 21.2 Å². The average molecular weight is 276 g/mol. The molecule has 1 aromatic heterocycles. The maximum atomic E-state index is 12.6. The summed E-state index contributed by atoms with van der Waals surface area (Å²) >= 11 is 1.70. The predicted molar refractivity (Wildman–Crippen MR) is 76.2 cm³/mol. The van der Waals surface area contributed by atoms with Gasteiger partial charge in [0.05, 0.1) is 6.42 Å². The van der Waals surface area contributed by atoms with Crippen LogP contribution >= 0.6 is 11.3 Å². The van der Waals surface area contributed by atoms with Gasteiger partial charge in [-0.2, -0.15) is 0 Å². The summed E-state index contributed by atoms with van der Waals surface area (Å²) in [6, 6.07) is 4.60.